The lowest BCUT2D eigenvalue weighted by molar-refractivity contribution is -0.136. The number of nitrogens with zero attached hydrogens (tertiary/aromatic N) is 2. The molecule has 0 bridgehead atoms. The average molecular weight is 466 g/mol. The van der Waals surface area contributed by atoms with E-state index in [1.165, 1.54) is 24.9 Å². The Hall–Kier alpha value is -3.39. The molecule has 2 aliphatic rings. The van der Waals surface area contributed by atoms with Crippen LogP contribution in [0.3, 0.4) is 0 Å². The normalized spacial score (nSPS) is 17.3. The van der Waals surface area contributed by atoms with E-state index in [1.807, 2.05) is 47.6 Å². The molecule has 6 nitrogen and oxygen atoms in total. The van der Waals surface area contributed by atoms with Gasteiger partial charge in [-0.2, -0.15) is 0 Å². The Bertz CT molecular complexity index is 1160. The fourth-order valence-electron chi connectivity index (χ4n) is 3.93. The number of carbonyl (C=O) groups is 2. The number of fused-ring (bicyclic) bond motifs is 1. The summed E-state index contributed by atoms with van der Waals surface area (Å²) in [6, 6.07) is 15.5. The Morgan fingerprint density at radius 1 is 1.15 bits per heavy atom. The minimum atomic E-state index is -0.457. The number of amides is 1. The highest BCUT2D eigenvalue weighted by molar-refractivity contribution is 8.16. The van der Waals surface area contributed by atoms with Crippen molar-refractivity contribution in [3.63, 3.8) is 0 Å². The number of benzene rings is 2. The third-order valence-electron chi connectivity index (χ3n) is 5.52. The first-order valence-electron chi connectivity index (χ1n) is 10.6. The van der Waals surface area contributed by atoms with Crippen LogP contribution in [0.5, 0.6) is 0 Å². The maximum Gasteiger partial charge on any atom is 0.338 e. The maximum atomic E-state index is 13.9. The summed E-state index contributed by atoms with van der Waals surface area (Å²) in [7, 11) is 1.36. The Morgan fingerprint density at radius 2 is 1.88 bits per heavy atom. The molecule has 0 unspecified atom stereocenters. The zero-order chi connectivity index (χ0) is 23.4. The van der Waals surface area contributed by atoms with Gasteiger partial charge in [-0.05, 0) is 23.5 Å². The molecule has 8 heteroatoms. The lowest BCUT2D eigenvalue weighted by atomic mass is 9.93. The van der Waals surface area contributed by atoms with Gasteiger partial charge in [-0.3, -0.25) is 4.79 Å². The quantitative estimate of drug-likeness (QED) is 0.602. The molecule has 2 heterocycles. The van der Waals surface area contributed by atoms with Gasteiger partial charge in [-0.25, -0.2) is 14.2 Å². The number of allylic oxidation sites excluding steroid dienone is 1. The van der Waals surface area contributed by atoms with Crippen molar-refractivity contribution in [1.82, 2.24) is 10.2 Å². The van der Waals surface area contributed by atoms with Crippen LogP contribution < -0.4 is 5.32 Å². The number of methoxy groups -OCH3 is 1. The van der Waals surface area contributed by atoms with Crippen LogP contribution in [0.25, 0.3) is 0 Å². The van der Waals surface area contributed by atoms with E-state index in [0.717, 1.165) is 11.3 Å². The molecule has 2 aromatic carbocycles. The van der Waals surface area contributed by atoms with Crippen LogP contribution in [0.2, 0.25) is 0 Å². The number of thioether (sulfide) groups is 1. The number of amidine groups is 1. The molecule has 0 aliphatic carbocycles. The van der Waals surface area contributed by atoms with Crippen LogP contribution in [0, 0.1) is 5.82 Å². The molecule has 0 radical (unpaired) electrons. The molecule has 0 saturated heterocycles. The predicted octanol–water partition coefficient (Wildman–Crippen LogP) is 4.67. The van der Waals surface area contributed by atoms with Crippen molar-refractivity contribution >= 4 is 28.8 Å². The Labute approximate surface area is 196 Å². The monoisotopic (exact) mass is 465 g/mol. The second-order valence-electron chi connectivity index (χ2n) is 7.56. The molecule has 0 spiro atoms. The SMILES string of the molecule is CCC1=C(C(=O)OC)[C@@H](c2ccccc2)N2C(CC(=O)NCc3ccccc3F)=CSC2=N1. The Balaban J connectivity index is 1.60. The third kappa shape index (κ3) is 4.71. The first-order chi connectivity index (χ1) is 16.0. The second kappa shape index (κ2) is 10.0. The van der Waals surface area contributed by atoms with Gasteiger partial charge in [0.25, 0.3) is 0 Å². The number of carbonyl (C=O) groups excluding carboxylic acids is 2. The number of hydrogen-bond acceptors (Lipinski definition) is 6. The number of rotatable bonds is 7. The summed E-state index contributed by atoms with van der Waals surface area (Å²) < 4.78 is 19.0. The highest BCUT2D eigenvalue weighted by Gasteiger charge is 2.41. The number of nitrogens with one attached hydrogen (secondary N) is 1. The van der Waals surface area contributed by atoms with E-state index in [0.29, 0.717) is 28.4 Å². The summed E-state index contributed by atoms with van der Waals surface area (Å²) >= 11 is 1.42. The van der Waals surface area contributed by atoms with Crippen LogP contribution in [-0.2, 0) is 20.9 Å². The fraction of sp³-hybridized carbons (Fsp3) is 0.240. The van der Waals surface area contributed by atoms with E-state index >= 15 is 0 Å². The highest BCUT2D eigenvalue weighted by atomic mass is 32.2. The second-order valence-corrected chi connectivity index (χ2v) is 8.39. The van der Waals surface area contributed by atoms with Crippen molar-refractivity contribution < 1.29 is 18.7 Å². The largest absolute Gasteiger partial charge is 0.466 e. The molecule has 170 valence electrons. The molecule has 0 saturated carbocycles. The van der Waals surface area contributed by atoms with Gasteiger partial charge in [0.1, 0.15) is 5.82 Å². The van der Waals surface area contributed by atoms with Crippen molar-refractivity contribution in [2.24, 2.45) is 4.99 Å². The zero-order valence-corrected chi connectivity index (χ0v) is 19.2. The Morgan fingerprint density at radius 3 is 2.58 bits per heavy atom. The van der Waals surface area contributed by atoms with Gasteiger partial charge in [0, 0.05) is 17.8 Å². The van der Waals surface area contributed by atoms with Crippen molar-refractivity contribution in [1.29, 1.82) is 0 Å². The molecule has 2 aromatic rings. The summed E-state index contributed by atoms with van der Waals surface area (Å²) in [5.74, 6) is -1.05. The number of halogens is 1. The summed E-state index contributed by atoms with van der Waals surface area (Å²) in [6.07, 6.45) is 0.643. The summed E-state index contributed by atoms with van der Waals surface area (Å²) in [6.45, 7) is 2.05. The Kier molecular flexibility index (Phi) is 6.93. The fourth-order valence-corrected chi connectivity index (χ4v) is 4.86. The maximum absolute atomic E-state index is 13.9. The minimum Gasteiger partial charge on any atom is -0.466 e. The molecule has 0 aromatic heterocycles. The van der Waals surface area contributed by atoms with E-state index in [2.05, 4.69) is 5.32 Å². The van der Waals surface area contributed by atoms with Crippen molar-refractivity contribution in [2.75, 3.05) is 7.11 Å². The number of aliphatic imine (C=N–C) groups is 1. The summed E-state index contributed by atoms with van der Waals surface area (Å²) in [4.78, 5) is 32.2. The third-order valence-corrected chi connectivity index (χ3v) is 6.41. The van der Waals surface area contributed by atoms with Gasteiger partial charge < -0.3 is 15.0 Å². The van der Waals surface area contributed by atoms with E-state index in [1.54, 1.807) is 18.2 Å². The number of hydrogen-bond donors (Lipinski definition) is 1. The lowest BCUT2D eigenvalue weighted by Crippen LogP contribution is -2.38. The molecule has 1 amide bonds. The molecular formula is C25H24FN3O3S. The highest BCUT2D eigenvalue weighted by Crippen LogP contribution is 2.45. The van der Waals surface area contributed by atoms with Gasteiger partial charge in [-0.15, -0.1) is 0 Å². The van der Waals surface area contributed by atoms with Gasteiger partial charge in [0.2, 0.25) is 5.91 Å². The van der Waals surface area contributed by atoms with Crippen molar-refractivity contribution in [2.45, 2.75) is 32.4 Å². The molecule has 0 fully saturated rings. The van der Waals surface area contributed by atoms with Gasteiger partial charge in [0.05, 0.1) is 30.8 Å². The smallest absolute Gasteiger partial charge is 0.338 e. The van der Waals surface area contributed by atoms with Crippen LogP contribution in [0.15, 0.2) is 82.0 Å². The van der Waals surface area contributed by atoms with Gasteiger partial charge >= 0.3 is 5.97 Å². The zero-order valence-electron chi connectivity index (χ0n) is 18.4. The average Bonchev–Trinajstić information content (AvgIpc) is 3.24. The number of ether oxygens (including phenoxy) is 1. The summed E-state index contributed by atoms with van der Waals surface area (Å²) in [5.41, 5.74) is 3.18. The first kappa shape index (κ1) is 22.8. The van der Waals surface area contributed by atoms with Crippen LogP contribution in [0.4, 0.5) is 4.39 Å². The standard InChI is InChI=1S/C25H24FN3O3S/c1-3-20-22(24(31)32-2)23(16-9-5-4-6-10-16)29-18(15-33-25(29)28-20)13-21(30)27-14-17-11-7-8-12-19(17)26/h4-12,15,23H,3,13-14H2,1-2H3,(H,27,30)/t23-/m1/s1. The van der Waals surface area contributed by atoms with E-state index in [-0.39, 0.29) is 24.7 Å². The lowest BCUT2D eigenvalue weighted by Gasteiger charge is -2.36. The van der Waals surface area contributed by atoms with Crippen LogP contribution in [0.1, 0.15) is 36.9 Å². The van der Waals surface area contributed by atoms with Gasteiger partial charge in [0.15, 0.2) is 5.17 Å². The first-order valence-corrected chi connectivity index (χ1v) is 11.5. The van der Waals surface area contributed by atoms with Crippen LogP contribution >= 0.6 is 11.8 Å². The molecular weight excluding hydrogens is 441 g/mol. The molecule has 4 rings (SSSR count). The van der Waals surface area contributed by atoms with Crippen molar-refractivity contribution in [3.8, 4) is 0 Å². The number of esters is 1. The summed E-state index contributed by atoms with van der Waals surface area (Å²) in [5, 5.41) is 5.38. The van der Waals surface area contributed by atoms with Crippen molar-refractivity contribution in [3.05, 3.63) is 93.9 Å². The van der Waals surface area contributed by atoms with E-state index in [9.17, 15) is 14.0 Å². The van der Waals surface area contributed by atoms with Crippen LogP contribution in [-0.4, -0.2) is 29.1 Å². The topological polar surface area (TPSA) is 71.0 Å². The van der Waals surface area contributed by atoms with E-state index in [4.69, 9.17) is 9.73 Å². The molecule has 1 atom stereocenters. The molecule has 33 heavy (non-hydrogen) atoms. The minimum absolute atomic E-state index is 0.0692. The molecule has 2 aliphatic heterocycles. The molecule has 1 N–H and O–H groups in total. The van der Waals surface area contributed by atoms with Gasteiger partial charge in [-0.1, -0.05) is 67.2 Å². The van der Waals surface area contributed by atoms with E-state index < -0.39 is 12.0 Å². The predicted molar refractivity (Wildman–Crippen MR) is 126 cm³/mol.